The van der Waals surface area contributed by atoms with Gasteiger partial charge in [0, 0.05) is 18.2 Å². The average Bonchev–Trinajstić information content (AvgIpc) is 3.01. The summed E-state index contributed by atoms with van der Waals surface area (Å²) in [6.07, 6.45) is 1.95. The first kappa shape index (κ1) is 19.1. The molecular formula is C20H21NO5S. The van der Waals surface area contributed by atoms with Crippen LogP contribution in [-0.2, 0) is 32.4 Å². The number of methoxy groups -OCH3 is 1. The van der Waals surface area contributed by atoms with E-state index in [1.165, 1.54) is 17.3 Å². The number of aromatic nitrogens is 1. The molecule has 0 atom stereocenters. The van der Waals surface area contributed by atoms with Crippen LogP contribution in [0.25, 0.3) is 10.9 Å². The van der Waals surface area contributed by atoms with Gasteiger partial charge in [0.15, 0.2) is 0 Å². The summed E-state index contributed by atoms with van der Waals surface area (Å²) in [6.45, 7) is 1.79. The molecule has 142 valence electrons. The van der Waals surface area contributed by atoms with Crippen molar-refractivity contribution in [3.63, 3.8) is 0 Å². The number of aliphatic hydroxyl groups excluding tert-OH is 1. The molecule has 27 heavy (non-hydrogen) atoms. The molecule has 1 heterocycles. The van der Waals surface area contributed by atoms with Gasteiger partial charge in [-0.05, 0) is 48.7 Å². The van der Waals surface area contributed by atoms with Crippen molar-refractivity contribution < 1.29 is 23.1 Å². The number of ether oxygens (including phenoxy) is 1. The normalized spacial score (nSPS) is 11.7. The predicted molar refractivity (Wildman–Crippen MR) is 102 cm³/mol. The molecule has 0 radical (unpaired) electrons. The topological polar surface area (TPSA) is 85.6 Å². The van der Waals surface area contributed by atoms with Crippen LogP contribution in [-0.4, -0.2) is 37.2 Å². The van der Waals surface area contributed by atoms with Crippen molar-refractivity contribution in [2.45, 2.75) is 24.7 Å². The molecule has 0 aliphatic heterocycles. The number of benzene rings is 2. The molecule has 3 rings (SSSR count). The van der Waals surface area contributed by atoms with Crippen LogP contribution < -0.4 is 0 Å². The molecule has 0 aliphatic carbocycles. The van der Waals surface area contributed by atoms with Gasteiger partial charge in [0.2, 0.25) is 0 Å². The van der Waals surface area contributed by atoms with E-state index in [9.17, 15) is 18.3 Å². The molecule has 0 bridgehead atoms. The first-order chi connectivity index (χ1) is 12.9. The Morgan fingerprint density at radius 2 is 1.85 bits per heavy atom. The van der Waals surface area contributed by atoms with Crippen LogP contribution in [0.2, 0.25) is 0 Å². The lowest BCUT2D eigenvalue weighted by Gasteiger charge is -2.08. The molecule has 0 amide bonds. The molecule has 0 saturated carbocycles. The van der Waals surface area contributed by atoms with E-state index in [-0.39, 0.29) is 23.9 Å². The summed E-state index contributed by atoms with van der Waals surface area (Å²) < 4.78 is 32.2. The van der Waals surface area contributed by atoms with Crippen molar-refractivity contribution in [3.05, 3.63) is 65.4 Å². The number of fused-ring (bicyclic) bond motifs is 1. The van der Waals surface area contributed by atoms with Gasteiger partial charge in [-0.25, -0.2) is 12.4 Å². The summed E-state index contributed by atoms with van der Waals surface area (Å²) in [6, 6.07) is 11.8. The Balaban J connectivity index is 2.15. The lowest BCUT2D eigenvalue weighted by atomic mass is 10.1. The highest BCUT2D eigenvalue weighted by Gasteiger charge is 2.21. The van der Waals surface area contributed by atoms with Gasteiger partial charge in [-0.3, -0.25) is 4.79 Å². The van der Waals surface area contributed by atoms with Crippen LogP contribution in [0.1, 0.15) is 16.7 Å². The summed E-state index contributed by atoms with van der Waals surface area (Å²) in [5.41, 5.74) is 2.90. The van der Waals surface area contributed by atoms with Gasteiger partial charge in [0.05, 0.1) is 23.9 Å². The van der Waals surface area contributed by atoms with Gasteiger partial charge in [-0.1, -0.05) is 23.8 Å². The standard InChI is InChI=1S/C20H21NO5S/c1-14-3-6-17(7-4-14)27(24,25)21-13-16(9-10-22)18-11-15(5-8-19(18)21)12-20(23)26-2/h3-8,11,13,22H,9-10,12H2,1-2H3. The molecular weight excluding hydrogens is 366 g/mol. The molecule has 0 aliphatic rings. The molecule has 1 aromatic heterocycles. The minimum atomic E-state index is -3.78. The fraction of sp³-hybridized carbons (Fsp3) is 0.250. The summed E-state index contributed by atoms with van der Waals surface area (Å²) in [5.74, 6) is -0.371. The number of hydrogen-bond acceptors (Lipinski definition) is 5. The van der Waals surface area contributed by atoms with E-state index in [1.54, 1.807) is 42.5 Å². The number of aliphatic hydroxyl groups is 1. The third-order valence-electron chi connectivity index (χ3n) is 4.45. The molecule has 0 spiro atoms. The lowest BCUT2D eigenvalue weighted by molar-refractivity contribution is -0.139. The fourth-order valence-corrected chi connectivity index (χ4v) is 4.40. The second-order valence-electron chi connectivity index (χ2n) is 6.35. The van der Waals surface area contributed by atoms with E-state index >= 15 is 0 Å². The summed E-state index contributed by atoms with van der Waals surface area (Å²) >= 11 is 0. The maximum Gasteiger partial charge on any atom is 0.309 e. The van der Waals surface area contributed by atoms with E-state index in [1.807, 2.05) is 6.92 Å². The third-order valence-corrected chi connectivity index (χ3v) is 6.14. The van der Waals surface area contributed by atoms with Crippen molar-refractivity contribution in [3.8, 4) is 0 Å². The quantitative estimate of drug-likeness (QED) is 0.657. The second kappa shape index (κ2) is 7.54. The van der Waals surface area contributed by atoms with Crippen LogP contribution in [0.4, 0.5) is 0 Å². The van der Waals surface area contributed by atoms with Crippen LogP contribution in [0, 0.1) is 6.92 Å². The van der Waals surface area contributed by atoms with Crippen molar-refractivity contribution in [1.82, 2.24) is 3.97 Å². The molecule has 7 heteroatoms. The molecule has 1 N–H and O–H groups in total. The predicted octanol–water partition coefficient (Wildman–Crippen LogP) is 2.44. The number of hydrogen-bond donors (Lipinski definition) is 1. The molecule has 2 aromatic carbocycles. The minimum absolute atomic E-state index is 0.0981. The highest BCUT2D eigenvalue weighted by molar-refractivity contribution is 7.90. The van der Waals surface area contributed by atoms with Crippen molar-refractivity contribution in [2.75, 3.05) is 13.7 Å². The van der Waals surface area contributed by atoms with Gasteiger partial charge < -0.3 is 9.84 Å². The Morgan fingerprint density at radius 1 is 1.15 bits per heavy atom. The highest BCUT2D eigenvalue weighted by Crippen LogP contribution is 2.28. The smallest absolute Gasteiger partial charge is 0.309 e. The van der Waals surface area contributed by atoms with E-state index in [2.05, 4.69) is 0 Å². The van der Waals surface area contributed by atoms with Crippen LogP contribution in [0.15, 0.2) is 53.6 Å². The molecule has 0 unspecified atom stereocenters. The van der Waals surface area contributed by atoms with Crippen molar-refractivity contribution in [2.24, 2.45) is 0 Å². The molecule has 0 saturated heterocycles. The first-order valence-electron chi connectivity index (χ1n) is 8.49. The van der Waals surface area contributed by atoms with Gasteiger partial charge in [0.25, 0.3) is 10.0 Å². The number of carbonyl (C=O) groups excluding carboxylic acids is 1. The van der Waals surface area contributed by atoms with E-state index in [0.717, 1.165) is 11.1 Å². The molecule has 0 fully saturated rings. The maximum absolute atomic E-state index is 13.1. The summed E-state index contributed by atoms with van der Waals surface area (Å²) in [5, 5.41) is 10.1. The first-order valence-corrected chi connectivity index (χ1v) is 9.93. The van der Waals surface area contributed by atoms with Crippen molar-refractivity contribution >= 4 is 26.9 Å². The van der Waals surface area contributed by atoms with Crippen LogP contribution in [0.5, 0.6) is 0 Å². The average molecular weight is 387 g/mol. The third kappa shape index (κ3) is 3.74. The monoisotopic (exact) mass is 387 g/mol. The molecule has 6 nitrogen and oxygen atoms in total. The number of nitrogens with zero attached hydrogens (tertiary/aromatic N) is 1. The highest BCUT2D eigenvalue weighted by atomic mass is 32.2. The summed E-state index contributed by atoms with van der Waals surface area (Å²) in [7, 11) is -2.45. The largest absolute Gasteiger partial charge is 0.469 e. The Bertz CT molecular complexity index is 1080. The fourth-order valence-electron chi connectivity index (χ4n) is 3.00. The van der Waals surface area contributed by atoms with E-state index < -0.39 is 10.0 Å². The maximum atomic E-state index is 13.1. The Hall–Kier alpha value is -2.64. The van der Waals surface area contributed by atoms with E-state index in [4.69, 9.17) is 4.74 Å². The van der Waals surface area contributed by atoms with Gasteiger partial charge in [-0.15, -0.1) is 0 Å². The SMILES string of the molecule is COC(=O)Cc1ccc2c(c1)c(CCO)cn2S(=O)(=O)c1ccc(C)cc1. The zero-order chi connectivity index (χ0) is 19.6. The minimum Gasteiger partial charge on any atom is -0.469 e. The zero-order valence-corrected chi connectivity index (χ0v) is 16.0. The Morgan fingerprint density at radius 3 is 2.48 bits per heavy atom. The number of carbonyl (C=O) groups is 1. The Kier molecular flexibility index (Phi) is 5.34. The summed E-state index contributed by atoms with van der Waals surface area (Å²) in [4.78, 5) is 11.7. The van der Waals surface area contributed by atoms with Crippen molar-refractivity contribution in [1.29, 1.82) is 0 Å². The van der Waals surface area contributed by atoms with Gasteiger partial charge in [-0.2, -0.15) is 0 Å². The second-order valence-corrected chi connectivity index (χ2v) is 8.16. The number of rotatable bonds is 6. The number of esters is 1. The van der Waals surface area contributed by atoms with E-state index in [0.29, 0.717) is 22.9 Å². The zero-order valence-electron chi connectivity index (χ0n) is 15.2. The molecule has 3 aromatic rings. The van der Waals surface area contributed by atoms with Gasteiger partial charge in [0.1, 0.15) is 0 Å². The Labute approximate surface area is 158 Å². The van der Waals surface area contributed by atoms with Gasteiger partial charge >= 0.3 is 5.97 Å². The van der Waals surface area contributed by atoms with Crippen LogP contribution >= 0.6 is 0 Å². The van der Waals surface area contributed by atoms with Crippen LogP contribution in [0.3, 0.4) is 0 Å². The number of aryl methyl sites for hydroxylation is 1. The lowest BCUT2D eigenvalue weighted by Crippen LogP contribution is -2.12.